The van der Waals surface area contributed by atoms with Gasteiger partial charge in [0.25, 0.3) is 0 Å². The maximum atomic E-state index is 13.1. The van der Waals surface area contributed by atoms with Gasteiger partial charge in [0, 0.05) is 28.7 Å². The molecule has 1 amide bonds. The maximum Gasteiger partial charge on any atom is 0.308 e. The minimum atomic E-state index is -0.838. The second-order valence-electron chi connectivity index (χ2n) is 6.76. The van der Waals surface area contributed by atoms with E-state index in [0.29, 0.717) is 41.4 Å². The van der Waals surface area contributed by atoms with Crippen molar-refractivity contribution in [2.75, 3.05) is 13.1 Å². The van der Waals surface area contributed by atoms with E-state index in [1.165, 1.54) is 0 Å². The fourth-order valence-electron chi connectivity index (χ4n) is 3.65. The SMILES string of the molecule is CC1CC(C(=O)O)CN(C(=O)C2(c3c(Cl)cccc3Cl)CC2)C1. The smallest absolute Gasteiger partial charge is 0.308 e. The number of amides is 1. The Labute approximate surface area is 145 Å². The molecule has 124 valence electrons. The van der Waals surface area contributed by atoms with Crippen molar-refractivity contribution >= 4 is 35.1 Å². The molecule has 1 saturated heterocycles. The van der Waals surface area contributed by atoms with Crippen molar-refractivity contribution in [3.63, 3.8) is 0 Å². The van der Waals surface area contributed by atoms with Crippen molar-refractivity contribution in [1.82, 2.24) is 4.90 Å². The molecule has 3 rings (SSSR count). The number of rotatable bonds is 3. The topological polar surface area (TPSA) is 57.6 Å². The summed E-state index contributed by atoms with van der Waals surface area (Å²) in [6, 6.07) is 5.25. The van der Waals surface area contributed by atoms with Gasteiger partial charge in [-0.15, -0.1) is 0 Å². The van der Waals surface area contributed by atoms with Crippen molar-refractivity contribution in [1.29, 1.82) is 0 Å². The van der Waals surface area contributed by atoms with Crippen LogP contribution in [-0.2, 0) is 15.0 Å². The summed E-state index contributed by atoms with van der Waals surface area (Å²) >= 11 is 12.6. The quantitative estimate of drug-likeness (QED) is 0.900. The van der Waals surface area contributed by atoms with E-state index in [1.807, 2.05) is 6.92 Å². The molecule has 4 nitrogen and oxygen atoms in total. The van der Waals surface area contributed by atoms with Gasteiger partial charge in [-0.05, 0) is 37.3 Å². The zero-order chi connectivity index (χ0) is 16.8. The Bertz CT molecular complexity index is 637. The summed E-state index contributed by atoms with van der Waals surface area (Å²) in [4.78, 5) is 26.1. The van der Waals surface area contributed by atoms with Gasteiger partial charge in [-0.3, -0.25) is 9.59 Å². The molecule has 23 heavy (non-hydrogen) atoms. The Morgan fingerprint density at radius 1 is 1.22 bits per heavy atom. The average molecular weight is 356 g/mol. The van der Waals surface area contributed by atoms with Crippen LogP contribution in [0.3, 0.4) is 0 Å². The third-order valence-corrected chi connectivity index (χ3v) is 5.53. The van der Waals surface area contributed by atoms with E-state index in [2.05, 4.69) is 0 Å². The number of hydrogen-bond acceptors (Lipinski definition) is 2. The van der Waals surface area contributed by atoms with Gasteiger partial charge in [0.1, 0.15) is 0 Å². The Morgan fingerprint density at radius 3 is 2.35 bits per heavy atom. The van der Waals surface area contributed by atoms with Crippen molar-refractivity contribution in [2.45, 2.75) is 31.6 Å². The summed E-state index contributed by atoms with van der Waals surface area (Å²) in [6.45, 7) is 2.84. The van der Waals surface area contributed by atoms with Crippen LogP contribution in [0.1, 0.15) is 31.7 Å². The van der Waals surface area contributed by atoms with E-state index >= 15 is 0 Å². The van der Waals surface area contributed by atoms with Crippen LogP contribution in [0.25, 0.3) is 0 Å². The molecule has 2 aliphatic rings. The highest BCUT2D eigenvalue weighted by atomic mass is 35.5. The van der Waals surface area contributed by atoms with Crippen LogP contribution in [0.15, 0.2) is 18.2 Å². The van der Waals surface area contributed by atoms with E-state index in [-0.39, 0.29) is 18.4 Å². The first kappa shape index (κ1) is 16.6. The number of halogens is 2. The van der Waals surface area contributed by atoms with Gasteiger partial charge in [-0.2, -0.15) is 0 Å². The summed E-state index contributed by atoms with van der Waals surface area (Å²) in [7, 11) is 0. The molecule has 1 aliphatic heterocycles. The predicted molar refractivity (Wildman–Crippen MR) is 88.9 cm³/mol. The second kappa shape index (κ2) is 5.99. The highest BCUT2D eigenvalue weighted by Crippen LogP contribution is 2.54. The molecule has 1 heterocycles. The molecule has 1 saturated carbocycles. The molecule has 1 aromatic rings. The summed E-state index contributed by atoms with van der Waals surface area (Å²) < 4.78 is 0. The van der Waals surface area contributed by atoms with E-state index in [1.54, 1.807) is 23.1 Å². The lowest BCUT2D eigenvalue weighted by Crippen LogP contribution is -2.49. The zero-order valence-electron chi connectivity index (χ0n) is 12.9. The molecule has 2 fully saturated rings. The van der Waals surface area contributed by atoms with Crippen LogP contribution >= 0.6 is 23.2 Å². The molecular weight excluding hydrogens is 337 g/mol. The van der Waals surface area contributed by atoms with Gasteiger partial charge >= 0.3 is 5.97 Å². The number of carbonyl (C=O) groups excluding carboxylic acids is 1. The van der Waals surface area contributed by atoms with Crippen LogP contribution in [0.2, 0.25) is 10.0 Å². The van der Waals surface area contributed by atoms with E-state index < -0.39 is 17.3 Å². The van der Waals surface area contributed by atoms with Gasteiger partial charge in [0.2, 0.25) is 5.91 Å². The fraction of sp³-hybridized carbons (Fsp3) is 0.529. The summed E-state index contributed by atoms with van der Waals surface area (Å²) in [5, 5.41) is 10.3. The number of piperidine rings is 1. The van der Waals surface area contributed by atoms with Crippen LogP contribution in [0, 0.1) is 11.8 Å². The third kappa shape index (κ3) is 2.94. The first-order valence-corrected chi connectivity index (χ1v) is 8.57. The lowest BCUT2D eigenvalue weighted by atomic mass is 9.87. The number of aliphatic carboxylic acids is 1. The lowest BCUT2D eigenvalue weighted by molar-refractivity contribution is -0.147. The van der Waals surface area contributed by atoms with Crippen molar-refractivity contribution in [2.24, 2.45) is 11.8 Å². The Morgan fingerprint density at radius 2 is 1.83 bits per heavy atom. The van der Waals surface area contributed by atoms with Gasteiger partial charge in [0.15, 0.2) is 0 Å². The van der Waals surface area contributed by atoms with Gasteiger partial charge in [0.05, 0.1) is 11.3 Å². The standard InChI is InChI=1S/C17H19Cl2NO3/c1-10-7-11(15(21)22)9-20(8-10)16(23)17(5-6-17)14-12(18)3-2-4-13(14)19/h2-4,10-11H,5-9H2,1H3,(H,21,22). The van der Waals surface area contributed by atoms with Crippen molar-refractivity contribution in [3.05, 3.63) is 33.8 Å². The summed E-state index contributed by atoms with van der Waals surface area (Å²) in [5.41, 5.74) is 0.0219. The van der Waals surface area contributed by atoms with Crippen molar-refractivity contribution < 1.29 is 14.7 Å². The largest absolute Gasteiger partial charge is 0.481 e. The van der Waals surface area contributed by atoms with Crippen LogP contribution in [0.4, 0.5) is 0 Å². The average Bonchev–Trinajstić information content (AvgIpc) is 3.27. The third-order valence-electron chi connectivity index (χ3n) is 4.90. The van der Waals surface area contributed by atoms with Crippen LogP contribution in [0.5, 0.6) is 0 Å². The van der Waals surface area contributed by atoms with Crippen LogP contribution < -0.4 is 0 Å². The Kier molecular flexibility index (Phi) is 4.32. The molecule has 1 aliphatic carbocycles. The van der Waals surface area contributed by atoms with Gasteiger partial charge < -0.3 is 10.0 Å². The molecule has 0 bridgehead atoms. The van der Waals surface area contributed by atoms with E-state index in [0.717, 1.165) is 0 Å². The first-order chi connectivity index (χ1) is 10.8. The predicted octanol–water partition coefficient (Wildman–Crippen LogP) is 3.59. The normalized spacial score (nSPS) is 26.0. The number of carboxylic acid groups (broad SMARTS) is 1. The van der Waals surface area contributed by atoms with Crippen molar-refractivity contribution in [3.8, 4) is 0 Å². The second-order valence-corrected chi connectivity index (χ2v) is 7.58. The van der Waals surface area contributed by atoms with Gasteiger partial charge in [-0.1, -0.05) is 36.2 Å². The van der Waals surface area contributed by atoms with E-state index in [4.69, 9.17) is 23.2 Å². The Balaban J connectivity index is 1.89. The molecule has 1 N–H and O–H groups in total. The molecule has 0 spiro atoms. The molecule has 6 heteroatoms. The molecule has 2 atom stereocenters. The van der Waals surface area contributed by atoms with E-state index in [9.17, 15) is 14.7 Å². The molecule has 1 aromatic carbocycles. The number of likely N-dealkylation sites (tertiary alicyclic amines) is 1. The summed E-state index contributed by atoms with van der Waals surface area (Å²) in [5.74, 6) is -1.20. The Hall–Kier alpha value is -1.26. The monoisotopic (exact) mass is 355 g/mol. The highest BCUT2D eigenvalue weighted by molar-refractivity contribution is 6.36. The minimum Gasteiger partial charge on any atom is -0.481 e. The molecule has 0 radical (unpaired) electrons. The number of carboxylic acids is 1. The molecular formula is C17H19Cl2NO3. The number of nitrogens with zero attached hydrogens (tertiary/aromatic N) is 1. The minimum absolute atomic E-state index is 0.0368. The number of carbonyl (C=O) groups is 2. The van der Waals surface area contributed by atoms with Crippen LogP contribution in [-0.4, -0.2) is 35.0 Å². The van der Waals surface area contributed by atoms with Gasteiger partial charge in [-0.25, -0.2) is 0 Å². The number of hydrogen-bond donors (Lipinski definition) is 1. The summed E-state index contributed by atoms with van der Waals surface area (Å²) in [6.07, 6.45) is 2.02. The highest BCUT2D eigenvalue weighted by Gasteiger charge is 2.55. The number of benzene rings is 1. The first-order valence-electron chi connectivity index (χ1n) is 7.82. The maximum absolute atomic E-state index is 13.1. The molecule has 0 aromatic heterocycles. The molecule has 2 unspecified atom stereocenters. The lowest BCUT2D eigenvalue weighted by Gasteiger charge is -2.37. The zero-order valence-corrected chi connectivity index (χ0v) is 14.4. The fourth-order valence-corrected chi connectivity index (χ4v) is 4.41.